The Kier molecular flexibility index (Phi) is 6.27. The SMILES string of the molecule is CCCNCc1nc(N2CCCC(N(C)C)C2)ccc1Cl. The minimum atomic E-state index is 0.609. The highest BCUT2D eigenvalue weighted by molar-refractivity contribution is 6.31. The summed E-state index contributed by atoms with van der Waals surface area (Å²) in [7, 11) is 4.31. The van der Waals surface area contributed by atoms with E-state index in [1.54, 1.807) is 0 Å². The molecular weight excluding hydrogens is 284 g/mol. The lowest BCUT2D eigenvalue weighted by Crippen LogP contribution is -2.45. The maximum atomic E-state index is 6.26. The molecule has 1 aliphatic rings. The van der Waals surface area contributed by atoms with Crippen molar-refractivity contribution in [1.29, 1.82) is 0 Å². The Morgan fingerprint density at radius 1 is 1.43 bits per heavy atom. The average molecular weight is 311 g/mol. The average Bonchev–Trinajstić information content (AvgIpc) is 2.49. The fourth-order valence-corrected chi connectivity index (χ4v) is 2.91. The van der Waals surface area contributed by atoms with Crippen molar-refractivity contribution in [2.24, 2.45) is 0 Å². The smallest absolute Gasteiger partial charge is 0.129 e. The van der Waals surface area contributed by atoms with Crippen LogP contribution < -0.4 is 10.2 Å². The Hall–Kier alpha value is -0.840. The van der Waals surface area contributed by atoms with E-state index in [9.17, 15) is 0 Å². The summed E-state index contributed by atoms with van der Waals surface area (Å²) in [4.78, 5) is 9.47. The molecule has 0 aromatic carbocycles. The van der Waals surface area contributed by atoms with Gasteiger partial charge in [0.15, 0.2) is 0 Å². The molecule has 1 saturated heterocycles. The predicted octanol–water partition coefficient (Wildman–Crippen LogP) is 2.77. The molecule has 0 saturated carbocycles. The summed E-state index contributed by atoms with van der Waals surface area (Å²) in [5.41, 5.74) is 0.953. The van der Waals surface area contributed by atoms with Gasteiger partial charge in [-0.2, -0.15) is 0 Å². The second kappa shape index (κ2) is 7.97. The second-order valence-electron chi connectivity index (χ2n) is 5.98. The largest absolute Gasteiger partial charge is 0.355 e. The van der Waals surface area contributed by atoms with Crippen molar-refractivity contribution >= 4 is 17.4 Å². The lowest BCUT2D eigenvalue weighted by Gasteiger charge is -2.37. The number of nitrogens with one attached hydrogen (secondary N) is 1. The topological polar surface area (TPSA) is 31.4 Å². The molecule has 0 amide bonds. The van der Waals surface area contributed by atoms with E-state index in [4.69, 9.17) is 16.6 Å². The number of hydrogen-bond acceptors (Lipinski definition) is 4. The minimum absolute atomic E-state index is 0.609. The summed E-state index contributed by atoms with van der Waals surface area (Å²) in [5.74, 6) is 1.05. The van der Waals surface area contributed by atoms with Gasteiger partial charge in [0.05, 0.1) is 10.7 Å². The molecule has 0 spiro atoms. The highest BCUT2D eigenvalue weighted by Gasteiger charge is 2.22. The first-order valence-corrected chi connectivity index (χ1v) is 8.27. The van der Waals surface area contributed by atoms with E-state index < -0.39 is 0 Å². The van der Waals surface area contributed by atoms with Gasteiger partial charge in [-0.1, -0.05) is 18.5 Å². The Morgan fingerprint density at radius 3 is 2.95 bits per heavy atom. The molecule has 0 radical (unpaired) electrons. The Bertz CT molecular complexity index is 450. The summed E-state index contributed by atoms with van der Waals surface area (Å²) in [6.07, 6.45) is 3.60. The monoisotopic (exact) mass is 310 g/mol. The number of likely N-dealkylation sites (N-methyl/N-ethyl adjacent to an activating group) is 1. The summed E-state index contributed by atoms with van der Waals surface area (Å²) >= 11 is 6.26. The van der Waals surface area contributed by atoms with Crippen molar-refractivity contribution in [3.8, 4) is 0 Å². The van der Waals surface area contributed by atoms with Crippen LogP contribution in [0, 0.1) is 0 Å². The van der Waals surface area contributed by atoms with Crippen molar-refractivity contribution in [2.75, 3.05) is 38.6 Å². The number of rotatable bonds is 6. The number of aromatic nitrogens is 1. The fourth-order valence-electron chi connectivity index (χ4n) is 2.74. The van der Waals surface area contributed by atoms with Gasteiger partial charge in [-0.05, 0) is 52.0 Å². The molecule has 0 bridgehead atoms. The van der Waals surface area contributed by atoms with Gasteiger partial charge < -0.3 is 15.1 Å². The minimum Gasteiger partial charge on any atom is -0.355 e. The quantitative estimate of drug-likeness (QED) is 0.819. The molecule has 1 aromatic heterocycles. The molecule has 4 nitrogen and oxygen atoms in total. The molecule has 1 unspecified atom stereocenters. The van der Waals surface area contributed by atoms with Crippen LogP contribution >= 0.6 is 11.6 Å². The van der Waals surface area contributed by atoms with Gasteiger partial charge in [0.1, 0.15) is 5.82 Å². The zero-order valence-corrected chi connectivity index (χ0v) is 14.2. The second-order valence-corrected chi connectivity index (χ2v) is 6.39. The normalized spacial score (nSPS) is 19.3. The van der Waals surface area contributed by atoms with E-state index in [0.717, 1.165) is 49.1 Å². The van der Waals surface area contributed by atoms with Crippen LogP contribution in [0.25, 0.3) is 0 Å². The number of hydrogen-bond donors (Lipinski definition) is 1. The zero-order chi connectivity index (χ0) is 15.2. The van der Waals surface area contributed by atoms with Gasteiger partial charge in [-0.25, -0.2) is 4.98 Å². The molecule has 21 heavy (non-hydrogen) atoms. The number of anilines is 1. The van der Waals surface area contributed by atoms with Crippen molar-refractivity contribution in [3.63, 3.8) is 0 Å². The highest BCUT2D eigenvalue weighted by Crippen LogP contribution is 2.23. The summed E-state index contributed by atoms with van der Waals surface area (Å²) in [5, 5.41) is 4.13. The van der Waals surface area contributed by atoms with Gasteiger partial charge in [0.2, 0.25) is 0 Å². The van der Waals surface area contributed by atoms with Crippen molar-refractivity contribution in [2.45, 2.75) is 38.8 Å². The first-order valence-electron chi connectivity index (χ1n) is 7.89. The van der Waals surface area contributed by atoms with E-state index in [-0.39, 0.29) is 0 Å². The Labute approximate surface area is 133 Å². The van der Waals surface area contributed by atoms with Crippen LogP contribution in [0.4, 0.5) is 5.82 Å². The standard InChI is InChI=1S/C16H27ClN4/c1-4-9-18-11-15-14(17)7-8-16(19-15)21-10-5-6-13(12-21)20(2)3/h7-8,13,18H,4-6,9-12H2,1-3H3. The first-order chi connectivity index (χ1) is 10.1. The third-order valence-corrected chi connectivity index (χ3v) is 4.42. The Balaban J connectivity index is 2.06. The molecular formula is C16H27ClN4. The first kappa shape index (κ1) is 16.5. The number of halogens is 1. The maximum Gasteiger partial charge on any atom is 0.129 e. The van der Waals surface area contributed by atoms with Gasteiger partial charge in [0.25, 0.3) is 0 Å². The van der Waals surface area contributed by atoms with Crippen molar-refractivity contribution < 1.29 is 0 Å². The fraction of sp³-hybridized carbons (Fsp3) is 0.688. The summed E-state index contributed by atoms with van der Waals surface area (Å²) in [6, 6.07) is 4.63. The van der Waals surface area contributed by atoms with E-state index in [1.807, 2.05) is 12.1 Å². The zero-order valence-electron chi connectivity index (χ0n) is 13.4. The maximum absolute atomic E-state index is 6.26. The molecule has 0 aliphatic carbocycles. The number of piperidine rings is 1. The number of nitrogens with zero attached hydrogens (tertiary/aromatic N) is 3. The van der Waals surface area contributed by atoms with Crippen LogP contribution in [0.15, 0.2) is 12.1 Å². The van der Waals surface area contributed by atoms with Gasteiger partial charge in [0, 0.05) is 25.7 Å². The van der Waals surface area contributed by atoms with E-state index in [2.05, 4.69) is 36.1 Å². The van der Waals surface area contributed by atoms with Gasteiger partial charge in [-0.15, -0.1) is 0 Å². The Morgan fingerprint density at radius 2 is 2.24 bits per heavy atom. The summed E-state index contributed by atoms with van der Waals surface area (Å²) in [6.45, 7) is 6.03. The van der Waals surface area contributed by atoms with Gasteiger partial charge >= 0.3 is 0 Å². The molecule has 1 N–H and O–H groups in total. The summed E-state index contributed by atoms with van der Waals surface area (Å²) < 4.78 is 0. The molecule has 5 heteroatoms. The molecule has 1 aliphatic heterocycles. The van der Waals surface area contributed by atoms with Crippen molar-refractivity contribution in [3.05, 3.63) is 22.8 Å². The van der Waals surface area contributed by atoms with Gasteiger partial charge in [-0.3, -0.25) is 0 Å². The molecule has 1 atom stereocenters. The molecule has 2 rings (SSSR count). The van der Waals surface area contributed by atoms with Crippen LogP contribution in [-0.2, 0) is 6.54 Å². The lowest BCUT2D eigenvalue weighted by atomic mass is 10.0. The van der Waals surface area contributed by atoms with Crippen LogP contribution in [0.1, 0.15) is 31.9 Å². The van der Waals surface area contributed by atoms with Crippen LogP contribution in [0.2, 0.25) is 5.02 Å². The number of pyridine rings is 1. The molecule has 2 heterocycles. The highest BCUT2D eigenvalue weighted by atomic mass is 35.5. The predicted molar refractivity (Wildman–Crippen MR) is 90.2 cm³/mol. The van der Waals surface area contributed by atoms with E-state index in [0.29, 0.717) is 6.04 Å². The van der Waals surface area contributed by atoms with E-state index in [1.165, 1.54) is 12.8 Å². The lowest BCUT2D eigenvalue weighted by molar-refractivity contribution is 0.257. The van der Waals surface area contributed by atoms with Crippen LogP contribution in [0.5, 0.6) is 0 Å². The van der Waals surface area contributed by atoms with Crippen LogP contribution in [-0.4, -0.2) is 49.7 Å². The molecule has 1 fully saturated rings. The van der Waals surface area contributed by atoms with Crippen molar-refractivity contribution in [1.82, 2.24) is 15.2 Å². The molecule has 1 aromatic rings. The van der Waals surface area contributed by atoms with E-state index >= 15 is 0 Å². The molecule has 118 valence electrons. The third-order valence-electron chi connectivity index (χ3n) is 4.07. The third kappa shape index (κ3) is 4.56. The van der Waals surface area contributed by atoms with Crippen LogP contribution in [0.3, 0.4) is 0 Å².